The number of halogens is 1. The summed E-state index contributed by atoms with van der Waals surface area (Å²) in [6.45, 7) is 9.01. The molecule has 0 fully saturated rings. The van der Waals surface area contributed by atoms with E-state index in [9.17, 15) is 4.79 Å². The Morgan fingerprint density at radius 3 is 2.50 bits per heavy atom. The monoisotopic (exact) mass is 350 g/mol. The van der Waals surface area contributed by atoms with Crippen LogP contribution in [0.1, 0.15) is 35.5 Å². The molecule has 0 bridgehead atoms. The molecule has 24 heavy (non-hydrogen) atoms. The first kappa shape index (κ1) is 18.3. The number of hydrogen-bond donors (Lipinski definition) is 1. The molecule has 2 rings (SSSR count). The average molecular weight is 351 g/mol. The molecule has 0 aromatic carbocycles. The van der Waals surface area contributed by atoms with Gasteiger partial charge < -0.3 is 14.6 Å². The molecule has 0 saturated heterocycles. The fourth-order valence-electron chi connectivity index (χ4n) is 2.59. The number of rotatable bonds is 6. The molecule has 0 spiro atoms. The molecule has 6 nitrogen and oxygen atoms in total. The number of furan rings is 1. The van der Waals surface area contributed by atoms with Crippen molar-refractivity contribution in [1.29, 1.82) is 0 Å². The van der Waals surface area contributed by atoms with Gasteiger partial charge in [-0.2, -0.15) is 0 Å². The van der Waals surface area contributed by atoms with Crippen LogP contribution in [0.4, 0.5) is 5.95 Å². The SMILES string of the molecule is Cc1coc(C)c1C(=O)NCC(C)(C)CN(C)c1ncc(Cl)cn1. The number of carbonyl (C=O) groups excluding carboxylic acids is 1. The highest BCUT2D eigenvalue weighted by molar-refractivity contribution is 6.30. The molecule has 2 heterocycles. The Hall–Kier alpha value is -2.08. The lowest BCUT2D eigenvalue weighted by Gasteiger charge is -2.30. The molecule has 0 saturated carbocycles. The zero-order valence-electron chi connectivity index (χ0n) is 14.7. The molecule has 0 radical (unpaired) electrons. The van der Waals surface area contributed by atoms with Crippen molar-refractivity contribution >= 4 is 23.5 Å². The van der Waals surface area contributed by atoms with Gasteiger partial charge in [0.2, 0.25) is 5.95 Å². The van der Waals surface area contributed by atoms with Crippen LogP contribution in [-0.2, 0) is 0 Å². The van der Waals surface area contributed by atoms with Gasteiger partial charge >= 0.3 is 0 Å². The molecule has 2 aromatic heterocycles. The van der Waals surface area contributed by atoms with Crippen molar-refractivity contribution in [3.63, 3.8) is 0 Å². The summed E-state index contributed by atoms with van der Waals surface area (Å²) in [5.74, 6) is 1.12. The summed E-state index contributed by atoms with van der Waals surface area (Å²) < 4.78 is 5.28. The minimum atomic E-state index is -0.168. The molecule has 0 aliphatic heterocycles. The number of hydrogen-bond acceptors (Lipinski definition) is 5. The Morgan fingerprint density at radius 2 is 1.96 bits per heavy atom. The van der Waals surface area contributed by atoms with Crippen LogP contribution in [0, 0.1) is 19.3 Å². The van der Waals surface area contributed by atoms with Gasteiger partial charge in [-0.15, -0.1) is 0 Å². The normalized spacial score (nSPS) is 11.4. The van der Waals surface area contributed by atoms with Gasteiger partial charge in [0.15, 0.2) is 0 Å². The Balaban J connectivity index is 1.95. The van der Waals surface area contributed by atoms with E-state index in [2.05, 4.69) is 29.1 Å². The van der Waals surface area contributed by atoms with E-state index in [0.717, 1.165) is 5.56 Å². The maximum Gasteiger partial charge on any atom is 0.255 e. The van der Waals surface area contributed by atoms with Crippen LogP contribution in [0.3, 0.4) is 0 Å². The largest absolute Gasteiger partial charge is 0.469 e. The summed E-state index contributed by atoms with van der Waals surface area (Å²) in [4.78, 5) is 22.7. The second-order valence-electron chi connectivity index (χ2n) is 6.75. The summed E-state index contributed by atoms with van der Waals surface area (Å²) in [6.07, 6.45) is 4.74. The predicted octanol–water partition coefficient (Wildman–Crippen LogP) is 3.23. The Labute approximate surface area is 147 Å². The minimum Gasteiger partial charge on any atom is -0.469 e. The van der Waals surface area contributed by atoms with Crippen LogP contribution in [-0.4, -0.2) is 36.0 Å². The first-order valence-corrected chi connectivity index (χ1v) is 8.09. The maximum atomic E-state index is 12.4. The Kier molecular flexibility index (Phi) is 5.49. The topological polar surface area (TPSA) is 71.3 Å². The number of aromatic nitrogens is 2. The lowest BCUT2D eigenvalue weighted by atomic mass is 9.92. The van der Waals surface area contributed by atoms with Crippen LogP contribution >= 0.6 is 11.6 Å². The van der Waals surface area contributed by atoms with Crippen LogP contribution in [0.2, 0.25) is 5.02 Å². The van der Waals surface area contributed by atoms with Gasteiger partial charge in [0.05, 0.1) is 29.2 Å². The fraction of sp³-hybridized carbons (Fsp3) is 0.471. The average Bonchev–Trinajstić information content (AvgIpc) is 2.84. The van der Waals surface area contributed by atoms with Gasteiger partial charge in [0.25, 0.3) is 5.91 Å². The third kappa shape index (κ3) is 4.47. The van der Waals surface area contributed by atoms with Crippen LogP contribution in [0.5, 0.6) is 0 Å². The van der Waals surface area contributed by atoms with E-state index >= 15 is 0 Å². The van der Waals surface area contributed by atoms with Gasteiger partial charge in [0, 0.05) is 25.7 Å². The zero-order chi connectivity index (χ0) is 17.9. The third-order valence-electron chi connectivity index (χ3n) is 3.73. The minimum absolute atomic E-state index is 0.114. The van der Waals surface area contributed by atoms with E-state index in [1.54, 1.807) is 25.6 Å². The highest BCUT2D eigenvalue weighted by atomic mass is 35.5. The molecule has 0 unspecified atom stereocenters. The summed E-state index contributed by atoms with van der Waals surface area (Å²) in [5, 5.41) is 3.49. The van der Waals surface area contributed by atoms with Gasteiger partial charge in [-0.3, -0.25) is 4.79 Å². The molecular weight excluding hydrogens is 328 g/mol. The molecular formula is C17H23ClN4O2. The second kappa shape index (κ2) is 7.21. The molecule has 0 atom stereocenters. The number of aryl methyl sites for hydroxylation is 2. The van der Waals surface area contributed by atoms with Crippen molar-refractivity contribution < 1.29 is 9.21 Å². The quantitative estimate of drug-likeness (QED) is 0.866. The maximum absolute atomic E-state index is 12.4. The Morgan fingerprint density at radius 1 is 1.33 bits per heavy atom. The molecule has 0 aliphatic carbocycles. The van der Waals surface area contributed by atoms with Crippen molar-refractivity contribution in [2.75, 3.05) is 25.0 Å². The third-order valence-corrected chi connectivity index (χ3v) is 3.92. The van der Waals surface area contributed by atoms with Gasteiger partial charge in [-0.1, -0.05) is 25.4 Å². The van der Waals surface area contributed by atoms with E-state index < -0.39 is 0 Å². The van der Waals surface area contributed by atoms with Gasteiger partial charge in [-0.25, -0.2) is 9.97 Å². The van der Waals surface area contributed by atoms with Crippen LogP contribution in [0.15, 0.2) is 23.1 Å². The molecule has 1 N–H and O–H groups in total. The van der Waals surface area contributed by atoms with Crippen molar-refractivity contribution in [2.24, 2.45) is 5.41 Å². The second-order valence-corrected chi connectivity index (χ2v) is 7.19. The molecule has 1 amide bonds. The Bertz CT molecular complexity index is 690. The van der Waals surface area contributed by atoms with E-state index in [4.69, 9.17) is 16.0 Å². The fourth-order valence-corrected chi connectivity index (χ4v) is 2.69. The number of anilines is 1. The van der Waals surface area contributed by atoms with E-state index in [0.29, 0.717) is 35.4 Å². The molecule has 130 valence electrons. The van der Waals surface area contributed by atoms with Crippen LogP contribution < -0.4 is 10.2 Å². The smallest absolute Gasteiger partial charge is 0.255 e. The van der Waals surface area contributed by atoms with Crippen molar-refractivity contribution in [3.8, 4) is 0 Å². The van der Waals surface area contributed by atoms with Crippen molar-refractivity contribution in [1.82, 2.24) is 15.3 Å². The van der Waals surface area contributed by atoms with Crippen LogP contribution in [0.25, 0.3) is 0 Å². The number of carbonyl (C=O) groups is 1. The highest BCUT2D eigenvalue weighted by Crippen LogP contribution is 2.20. The first-order chi connectivity index (χ1) is 11.2. The standard InChI is InChI=1S/C17H23ClN4O2/c1-11-8-24-12(2)14(11)15(23)21-9-17(3,4)10-22(5)16-19-6-13(18)7-20-16/h6-8H,9-10H2,1-5H3,(H,21,23). The van der Waals surface area contributed by atoms with Gasteiger partial charge in [0.1, 0.15) is 5.76 Å². The summed E-state index contributed by atoms with van der Waals surface area (Å²) in [7, 11) is 1.91. The number of nitrogens with zero attached hydrogens (tertiary/aromatic N) is 3. The summed E-state index contributed by atoms with van der Waals surface area (Å²) in [6, 6.07) is 0. The zero-order valence-corrected chi connectivity index (χ0v) is 15.4. The predicted molar refractivity (Wildman–Crippen MR) is 94.6 cm³/mol. The molecule has 2 aromatic rings. The summed E-state index contributed by atoms with van der Waals surface area (Å²) >= 11 is 5.81. The molecule has 7 heteroatoms. The highest BCUT2D eigenvalue weighted by Gasteiger charge is 2.24. The number of amides is 1. The van der Waals surface area contributed by atoms with E-state index in [1.807, 2.05) is 18.9 Å². The van der Waals surface area contributed by atoms with E-state index in [1.165, 1.54) is 0 Å². The lowest BCUT2D eigenvalue weighted by Crippen LogP contribution is -2.41. The van der Waals surface area contributed by atoms with Gasteiger partial charge in [-0.05, 0) is 19.3 Å². The number of nitrogens with one attached hydrogen (secondary N) is 1. The summed E-state index contributed by atoms with van der Waals surface area (Å²) in [5.41, 5.74) is 1.29. The van der Waals surface area contributed by atoms with Crippen molar-refractivity contribution in [3.05, 3.63) is 40.6 Å². The first-order valence-electron chi connectivity index (χ1n) is 7.71. The van der Waals surface area contributed by atoms with E-state index in [-0.39, 0.29) is 11.3 Å². The molecule has 0 aliphatic rings. The van der Waals surface area contributed by atoms with Crippen molar-refractivity contribution in [2.45, 2.75) is 27.7 Å². The lowest BCUT2D eigenvalue weighted by molar-refractivity contribution is 0.0935.